The first-order valence-corrected chi connectivity index (χ1v) is 7.33. The van der Waals surface area contributed by atoms with Crippen LogP contribution in [0, 0.1) is 10.5 Å². The van der Waals surface area contributed by atoms with Gasteiger partial charge in [-0.05, 0) is 63.6 Å². The minimum atomic E-state index is 0.101. The fourth-order valence-electron chi connectivity index (χ4n) is 1.46. The summed E-state index contributed by atoms with van der Waals surface area (Å²) in [6.07, 6.45) is 0. The number of benzene rings is 1. The van der Waals surface area contributed by atoms with Crippen LogP contribution in [0.5, 0.6) is 0 Å². The van der Waals surface area contributed by atoms with Crippen LogP contribution in [-0.2, 0) is 0 Å². The lowest BCUT2D eigenvalue weighted by Gasteiger charge is -2.02. The Balaban J connectivity index is 2.47. The van der Waals surface area contributed by atoms with Crippen molar-refractivity contribution in [3.8, 4) is 0 Å². The Labute approximate surface area is 120 Å². The van der Waals surface area contributed by atoms with Gasteiger partial charge in [-0.1, -0.05) is 12.1 Å². The summed E-state index contributed by atoms with van der Waals surface area (Å²) in [5.74, 6) is 0.101. The molecule has 0 atom stereocenters. The second-order valence-electron chi connectivity index (χ2n) is 3.33. The van der Waals surface area contributed by atoms with Crippen molar-refractivity contribution >= 4 is 55.6 Å². The van der Waals surface area contributed by atoms with Crippen LogP contribution < -0.4 is 0 Å². The van der Waals surface area contributed by atoms with Crippen LogP contribution in [0.1, 0.15) is 20.8 Å². The SMILES string of the molecule is Cc1sc(Br)cc1C(=O)c1ccccc1I. The molecule has 0 aliphatic carbocycles. The van der Waals surface area contributed by atoms with Crippen molar-refractivity contribution < 1.29 is 4.79 Å². The minimum Gasteiger partial charge on any atom is -0.289 e. The number of carbonyl (C=O) groups is 1. The number of hydrogen-bond acceptors (Lipinski definition) is 2. The maximum atomic E-state index is 12.3. The summed E-state index contributed by atoms with van der Waals surface area (Å²) in [7, 11) is 0. The molecular formula is C12H8BrIOS. The Hall–Kier alpha value is -0.200. The lowest BCUT2D eigenvalue weighted by Crippen LogP contribution is -2.03. The van der Waals surface area contributed by atoms with E-state index in [1.54, 1.807) is 11.3 Å². The van der Waals surface area contributed by atoms with Crippen LogP contribution in [0.15, 0.2) is 34.1 Å². The van der Waals surface area contributed by atoms with Crippen molar-refractivity contribution in [2.75, 3.05) is 0 Å². The molecule has 0 bridgehead atoms. The van der Waals surface area contributed by atoms with Crippen molar-refractivity contribution in [1.29, 1.82) is 0 Å². The van der Waals surface area contributed by atoms with Crippen LogP contribution in [0.2, 0.25) is 0 Å². The molecule has 0 N–H and O–H groups in total. The predicted molar refractivity (Wildman–Crippen MR) is 79.3 cm³/mol. The molecule has 1 aromatic carbocycles. The van der Waals surface area contributed by atoms with Gasteiger partial charge in [0.1, 0.15) is 0 Å². The third kappa shape index (κ3) is 2.38. The number of hydrogen-bond donors (Lipinski definition) is 0. The van der Waals surface area contributed by atoms with Gasteiger partial charge in [0.2, 0.25) is 0 Å². The van der Waals surface area contributed by atoms with Crippen LogP contribution in [0.3, 0.4) is 0 Å². The summed E-state index contributed by atoms with van der Waals surface area (Å²) in [5, 5.41) is 0. The van der Waals surface area contributed by atoms with Gasteiger partial charge in [-0.25, -0.2) is 0 Å². The van der Waals surface area contributed by atoms with Gasteiger partial charge in [0.05, 0.1) is 3.79 Å². The maximum absolute atomic E-state index is 12.3. The third-order valence-electron chi connectivity index (χ3n) is 2.25. The molecular weight excluding hydrogens is 399 g/mol. The zero-order chi connectivity index (χ0) is 11.7. The van der Waals surface area contributed by atoms with Gasteiger partial charge in [-0.2, -0.15) is 0 Å². The van der Waals surface area contributed by atoms with Crippen LogP contribution in [0.4, 0.5) is 0 Å². The van der Waals surface area contributed by atoms with Crippen LogP contribution in [0.25, 0.3) is 0 Å². The van der Waals surface area contributed by atoms with Gasteiger partial charge >= 0.3 is 0 Å². The summed E-state index contributed by atoms with van der Waals surface area (Å²) in [6, 6.07) is 9.55. The van der Waals surface area contributed by atoms with Gasteiger partial charge in [0.15, 0.2) is 5.78 Å². The first-order chi connectivity index (χ1) is 7.59. The highest BCUT2D eigenvalue weighted by Crippen LogP contribution is 2.28. The van der Waals surface area contributed by atoms with Crippen molar-refractivity contribution in [2.24, 2.45) is 0 Å². The Morgan fingerprint density at radius 3 is 2.56 bits per heavy atom. The Morgan fingerprint density at radius 1 is 1.31 bits per heavy atom. The highest BCUT2D eigenvalue weighted by molar-refractivity contribution is 14.1. The summed E-state index contributed by atoms with van der Waals surface area (Å²) < 4.78 is 1.99. The second kappa shape index (κ2) is 4.98. The fraction of sp³-hybridized carbons (Fsp3) is 0.0833. The number of halogens is 2. The monoisotopic (exact) mass is 406 g/mol. The minimum absolute atomic E-state index is 0.101. The quantitative estimate of drug-likeness (QED) is 0.523. The first-order valence-electron chi connectivity index (χ1n) is 4.65. The second-order valence-corrected chi connectivity index (χ2v) is 7.13. The molecule has 0 saturated carbocycles. The van der Waals surface area contributed by atoms with E-state index in [1.165, 1.54) is 0 Å². The van der Waals surface area contributed by atoms with Crippen molar-refractivity contribution in [3.63, 3.8) is 0 Å². The number of ketones is 1. The molecule has 0 unspecified atom stereocenters. The summed E-state index contributed by atoms with van der Waals surface area (Å²) >= 11 is 7.19. The zero-order valence-corrected chi connectivity index (χ0v) is 13.0. The summed E-state index contributed by atoms with van der Waals surface area (Å²) in [5.41, 5.74) is 1.57. The lowest BCUT2D eigenvalue weighted by atomic mass is 10.0. The third-order valence-corrected chi connectivity index (χ3v) is 4.74. The molecule has 82 valence electrons. The molecule has 0 fully saturated rings. The van der Waals surface area contributed by atoms with E-state index in [1.807, 2.05) is 37.3 Å². The fourth-order valence-corrected chi connectivity index (χ4v) is 3.78. The molecule has 0 amide bonds. The molecule has 0 aliphatic heterocycles. The van der Waals surface area contributed by atoms with Gasteiger partial charge in [0.25, 0.3) is 0 Å². The standard InChI is InChI=1S/C12H8BrIOS/c1-7-9(6-11(13)16-7)12(15)8-4-2-3-5-10(8)14/h2-6H,1H3. The molecule has 1 heterocycles. The van der Waals surface area contributed by atoms with Gasteiger partial charge in [-0.15, -0.1) is 11.3 Å². The highest BCUT2D eigenvalue weighted by atomic mass is 127. The molecule has 0 saturated heterocycles. The molecule has 0 radical (unpaired) electrons. The normalized spacial score (nSPS) is 10.4. The van der Waals surface area contributed by atoms with E-state index in [0.717, 1.165) is 23.4 Å². The predicted octanol–water partition coefficient (Wildman–Crippen LogP) is 4.65. The Bertz CT molecular complexity index is 548. The van der Waals surface area contributed by atoms with E-state index >= 15 is 0 Å². The van der Waals surface area contributed by atoms with E-state index in [2.05, 4.69) is 38.5 Å². The molecule has 0 aliphatic rings. The van der Waals surface area contributed by atoms with Crippen LogP contribution >= 0.6 is 49.9 Å². The molecule has 2 aromatic rings. The smallest absolute Gasteiger partial charge is 0.195 e. The molecule has 4 heteroatoms. The van der Waals surface area contributed by atoms with E-state index in [0.29, 0.717) is 0 Å². The van der Waals surface area contributed by atoms with Gasteiger partial charge in [-0.3, -0.25) is 4.79 Å². The molecule has 2 rings (SSSR count). The van der Waals surface area contributed by atoms with Gasteiger partial charge < -0.3 is 0 Å². The first kappa shape index (κ1) is 12.3. The highest BCUT2D eigenvalue weighted by Gasteiger charge is 2.16. The number of rotatable bonds is 2. The van der Waals surface area contributed by atoms with E-state index in [4.69, 9.17) is 0 Å². The Kier molecular flexibility index (Phi) is 3.81. The average molecular weight is 407 g/mol. The molecule has 0 spiro atoms. The summed E-state index contributed by atoms with van der Waals surface area (Å²) in [6.45, 7) is 1.97. The number of aryl methyl sites for hydroxylation is 1. The van der Waals surface area contributed by atoms with E-state index in [9.17, 15) is 4.79 Å². The molecule has 16 heavy (non-hydrogen) atoms. The largest absolute Gasteiger partial charge is 0.289 e. The van der Waals surface area contributed by atoms with Crippen molar-refractivity contribution in [2.45, 2.75) is 6.92 Å². The topological polar surface area (TPSA) is 17.1 Å². The van der Waals surface area contributed by atoms with Crippen molar-refractivity contribution in [3.05, 3.63) is 53.7 Å². The lowest BCUT2D eigenvalue weighted by molar-refractivity contribution is 0.103. The molecule has 1 nitrogen and oxygen atoms in total. The Morgan fingerprint density at radius 2 is 2.00 bits per heavy atom. The zero-order valence-electron chi connectivity index (χ0n) is 8.46. The average Bonchev–Trinajstić information content (AvgIpc) is 2.58. The van der Waals surface area contributed by atoms with E-state index < -0.39 is 0 Å². The maximum Gasteiger partial charge on any atom is 0.195 e. The van der Waals surface area contributed by atoms with Gasteiger partial charge in [0, 0.05) is 19.6 Å². The number of carbonyl (C=O) groups excluding carboxylic acids is 1. The molecule has 1 aromatic heterocycles. The van der Waals surface area contributed by atoms with E-state index in [-0.39, 0.29) is 5.78 Å². The van der Waals surface area contributed by atoms with Crippen LogP contribution in [-0.4, -0.2) is 5.78 Å². The summed E-state index contributed by atoms with van der Waals surface area (Å²) in [4.78, 5) is 13.3. The number of thiophene rings is 1. The van der Waals surface area contributed by atoms with Crippen molar-refractivity contribution in [1.82, 2.24) is 0 Å².